The van der Waals surface area contributed by atoms with Crippen molar-refractivity contribution in [3.05, 3.63) is 0 Å². The van der Waals surface area contributed by atoms with Gasteiger partial charge in [-0.05, 0) is 34.1 Å². The third kappa shape index (κ3) is 8.50. The molecule has 0 radical (unpaired) electrons. The Balaban J connectivity index is 3.67. The van der Waals surface area contributed by atoms with Crippen LogP contribution in [0.2, 0.25) is 0 Å². The average Bonchev–Trinajstić information content (AvgIpc) is 2.23. The molecular weight excluding hydrogens is 226 g/mol. The smallest absolute Gasteiger partial charge is 0.248 e. The molecule has 0 amide bonds. The molecule has 0 aromatic heterocycles. The summed E-state index contributed by atoms with van der Waals surface area (Å²) in [5, 5.41) is 0. The van der Waals surface area contributed by atoms with Crippen molar-refractivity contribution in [3.63, 3.8) is 0 Å². The molecule has 0 spiro atoms. The van der Waals surface area contributed by atoms with E-state index in [9.17, 15) is 8.78 Å². The average molecular weight is 252 g/mol. The van der Waals surface area contributed by atoms with Crippen LogP contribution < -0.4 is 0 Å². The van der Waals surface area contributed by atoms with E-state index in [4.69, 9.17) is 9.47 Å². The number of hydrogen-bond donors (Lipinski definition) is 0. The molecule has 0 fully saturated rings. The van der Waals surface area contributed by atoms with Gasteiger partial charge in [-0.3, -0.25) is 0 Å². The molecular formula is C13H26F2O2. The van der Waals surface area contributed by atoms with Crippen LogP contribution in [0.5, 0.6) is 0 Å². The zero-order chi connectivity index (χ0) is 13.5. The zero-order valence-corrected chi connectivity index (χ0v) is 11.6. The fourth-order valence-electron chi connectivity index (χ4n) is 1.45. The summed E-state index contributed by atoms with van der Waals surface area (Å²) in [4.78, 5) is 0. The zero-order valence-electron chi connectivity index (χ0n) is 11.6. The first kappa shape index (κ1) is 16.8. The van der Waals surface area contributed by atoms with E-state index in [-0.39, 0.29) is 31.2 Å². The lowest BCUT2D eigenvalue weighted by Gasteiger charge is -2.23. The Hall–Kier alpha value is -0.220. The second-order valence-electron chi connectivity index (χ2n) is 4.78. The van der Waals surface area contributed by atoms with Crippen molar-refractivity contribution in [1.29, 1.82) is 0 Å². The summed E-state index contributed by atoms with van der Waals surface area (Å²) in [6, 6.07) is 0. The van der Waals surface area contributed by atoms with Crippen molar-refractivity contribution in [3.8, 4) is 0 Å². The van der Waals surface area contributed by atoms with E-state index in [1.54, 1.807) is 0 Å². The fraction of sp³-hybridized carbons (Fsp3) is 1.00. The minimum Gasteiger partial charge on any atom is -0.376 e. The van der Waals surface area contributed by atoms with Crippen LogP contribution in [0.1, 0.15) is 53.9 Å². The molecule has 2 atom stereocenters. The molecule has 104 valence electrons. The quantitative estimate of drug-likeness (QED) is 0.577. The van der Waals surface area contributed by atoms with E-state index in [0.717, 1.165) is 0 Å². The Morgan fingerprint density at radius 3 is 2.12 bits per heavy atom. The van der Waals surface area contributed by atoms with Crippen LogP contribution in [-0.2, 0) is 9.47 Å². The van der Waals surface area contributed by atoms with Gasteiger partial charge >= 0.3 is 0 Å². The number of hydrogen-bond acceptors (Lipinski definition) is 2. The summed E-state index contributed by atoms with van der Waals surface area (Å²) < 4.78 is 36.9. The standard InChI is InChI=1S/C13H26F2O2/c1-6-13(14,15)8-7-9-16-11(4)12(5)17-10(2)3/h10-12H,6-9H2,1-5H3. The van der Waals surface area contributed by atoms with Gasteiger partial charge in [0.05, 0.1) is 18.3 Å². The summed E-state index contributed by atoms with van der Waals surface area (Å²) in [6.07, 6.45) is 0.264. The molecule has 0 saturated carbocycles. The molecule has 17 heavy (non-hydrogen) atoms. The molecule has 0 aliphatic heterocycles. The molecule has 2 nitrogen and oxygen atoms in total. The summed E-state index contributed by atoms with van der Waals surface area (Å²) in [6.45, 7) is 9.64. The molecule has 0 N–H and O–H groups in total. The van der Waals surface area contributed by atoms with E-state index < -0.39 is 5.92 Å². The van der Waals surface area contributed by atoms with Crippen LogP contribution in [0.3, 0.4) is 0 Å². The van der Waals surface area contributed by atoms with E-state index in [0.29, 0.717) is 13.0 Å². The monoisotopic (exact) mass is 252 g/mol. The van der Waals surface area contributed by atoms with Gasteiger partial charge < -0.3 is 9.47 Å². The topological polar surface area (TPSA) is 18.5 Å². The van der Waals surface area contributed by atoms with Gasteiger partial charge in [0.1, 0.15) is 0 Å². The first-order valence-corrected chi connectivity index (χ1v) is 6.43. The molecule has 0 aromatic carbocycles. The Kier molecular flexibility index (Phi) is 7.88. The summed E-state index contributed by atoms with van der Waals surface area (Å²) >= 11 is 0. The highest BCUT2D eigenvalue weighted by Gasteiger charge is 2.25. The second-order valence-corrected chi connectivity index (χ2v) is 4.78. The molecule has 0 heterocycles. The van der Waals surface area contributed by atoms with Crippen molar-refractivity contribution < 1.29 is 18.3 Å². The lowest BCUT2D eigenvalue weighted by atomic mass is 10.1. The van der Waals surface area contributed by atoms with E-state index in [1.807, 2.05) is 27.7 Å². The normalized spacial score (nSPS) is 16.2. The predicted molar refractivity (Wildman–Crippen MR) is 65.6 cm³/mol. The maximum Gasteiger partial charge on any atom is 0.248 e. The number of rotatable bonds is 9. The molecule has 0 aliphatic rings. The van der Waals surface area contributed by atoms with Gasteiger partial charge in [0.15, 0.2) is 0 Å². The van der Waals surface area contributed by atoms with Crippen molar-refractivity contribution in [2.45, 2.75) is 78.1 Å². The van der Waals surface area contributed by atoms with E-state index in [1.165, 1.54) is 6.92 Å². The van der Waals surface area contributed by atoms with E-state index >= 15 is 0 Å². The maximum absolute atomic E-state index is 12.9. The van der Waals surface area contributed by atoms with Crippen LogP contribution in [0, 0.1) is 0 Å². The third-order valence-electron chi connectivity index (χ3n) is 2.73. The van der Waals surface area contributed by atoms with Crippen LogP contribution in [0.4, 0.5) is 8.78 Å². The van der Waals surface area contributed by atoms with Gasteiger partial charge in [0.2, 0.25) is 5.92 Å². The van der Waals surface area contributed by atoms with Gasteiger partial charge in [0.25, 0.3) is 0 Å². The molecule has 0 aromatic rings. The molecule has 2 unspecified atom stereocenters. The highest BCUT2D eigenvalue weighted by atomic mass is 19.3. The van der Waals surface area contributed by atoms with Gasteiger partial charge in [-0.25, -0.2) is 8.78 Å². The minimum absolute atomic E-state index is 0.0123. The Bertz CT molecular complexity index is 196. The van der Waals surface area contributed by atoms with Crippen LogP contribution in [-0.4, -0.2) is 30.8 Å². The Morgan fingerprint density at radius 1 is 1.06 bits per heavy atom. The Labute approximate surface area is 104 Å². The largest absolute Gasteiger partial charge is 0.376 e. The van der Waals surface area contributed by atoms with Crippen molar-refractivity contribution in [1.82, 2.24) is 0 Å². The first-order valence-electron chi connectivity index (χ1n) is 6.43. The first-order chi connectivity index (χ1) is 7.78. The number of ether oxygens (including phenoxy) is 2. The maximum atomic E-state index is 12.9. The summed E-state index contributed by atoms with van der Waals surface area (Å²) in [5.74, 6) is -2.55. The summed E-state index contributed by atoms with van der Waals surface area (Å²) in [7, 11) is 0. The van der Waals surface area contributed by atoms with Gasteiger partial charge in [-0.2, -0.15) is 0 Å². The van der Waals surface area contributed by atoms with Crippen molar-refractivity contribution in [2.75, 3.05) is 6.61 Å². The molecule has 4 heteroatoms. The molecule has 0 bridgehead atoms. The van der Waals surface area contributed by atoms with Gasteiger partial charge in [-0.15, -0.1) is 0 Å². The van der Waals surface area contributed by atoms with Crippen molar-refractivity contribution >= 4 is 0 Å². The van der Waals surface area contributed by atoms with E-state index in [2.05, 4.69) is 0 Å². The SMILES string of the molecule is CCC(F)(F)CCCOC(C)C(C)OC(C)C. The number of alkyl halides is 2. The Morgan fingerprint density at radius 2 is 1.65 bits per heavy atom. The lowest BCUT2D eigenvalue weighted by molar-refractivity contribution is -0.0828. The van der Waals surface area contributed by atoms with Crippen molar-refractivity contribution in [2.24, 2.45) is 0 Å². The number of halogens is 2. The van der Waals surface area contributed by atoms with Crippen LogP contribution in [0.25, 0.3) is 0 Å². The van der Waals surface area contributed by atoms with Crippen LogP contribution >= 0.6 is 0 Å². The van der Waals surface area contributed by atoms with Gasteiger partial charge in [0, 0.05) is 19.4 Å². The fourth-order valence-corrected chi connectivity index (χ4v) is 1.45. The van der Waals surface area contributed by atoms with Crippen LogP contribution in [0.15, 0.2) is 0 Å². The van der Waals surface area contributed by atoms with Gasteiger partial charge in [-0.1, -0.05) is 6.92 Å². The second kappa shape index (κ2) is 7.98. The highest BCUT2D eigenvalue weighted by molar-refractivity contribution is 4.65. The minimum atomic E-state index is -2.55. The molecule has 0 saturated heterocycles. The molecule has 0 rings (SSSR count). The lowest BCUT2D eigenvalue weighted by Crippen LogP contribution is -2.29. The summed E-state index contributed by atoms with van der Waals surface area (Å²) in [5.41, 5.74) is 0. The highest BCUT2D eigenvalue weighted by Crippen LogP contribution is 2.23. The molecule has 0 aliphatic carbocycles. The third-order valence-corrected chi connectivity index (χ3v) is 2.73. The predicted octanol–water partition coefficient (Wildman–Crippen LogP) is 4.03.